The molecule has 4 nitrogen and oxygen atoms in total. The molecule has 6 heteroatoms. The van der Waals surface area contributed by atoms with E-state index in [0.29, 0.717) is 19.5 Å². The maximum Gasteiger partial charge on any atom is 0.410 e. The van der Waals surface area contributed by atoms with Crippen LogP contribution in [0.5, 0.6) is 0 Å². The molecule has 0 spiro atoms. The van der Waals surface area contributed by atoms with Gasteiger partial charge >= 0.3 is 6.09 Å². The summed E-state index contributed by atoms with van der Waals surface area (Å²) in [7, 11) is 0. The Kier molecular flexibility index (Phi) is 4.70. The minimum atomic E-state index is -0.650. The lowest BCUT2D eigenvalue weighted by Gasteiger charge is -2.25. The van der Waals surface area contributed by atoms with Gasteiger partial charge in [-0.1, -0.05) is 6.07 Å². The molecule has 2 atom stereocenters. The van der Waals surface area contributed by atoms with Crippen LogP contribution in [0.15, 0.2) is 18.2 Å². The highest BCUT2D eigenvalue weighted by molar-refractivity contribution is 5.68. The number of likely N-dealkylation sites (tertiary alicyclic amines) is 1. The number of hydrogen-bond acceptors (Lipinski definition) is 3. The van der Waals surface area contributed by atoms with E-state index in [4.69, 9.17) is 10.5 Å². The first-order valence-corrected chi connectivity index (χ1v) is 7.36. The largest absolute Gasteiger partial charge is 0.444 e. The number of ether oxygens (including phenoxy) is 1. The smallest absolute Gasteiger partial charge is 0.410 e. The summed E-state index contributed by atoms with van der Waals surface area (Å²) in [4.78, 5) is 13.6. The first kappa shape index (κ1) is 16.7. The minimum absolute atomic E-state index is 0.0764. The van der Waals surface area contributed by atoms with Crippen LogP contribution in [0.25, 0.3) is 0 Å². The normalized spacial score (nSPS) is 20.1. The number of rotatable bonds is 2. The van der Waals surface area contributed by atoms with Crippen molar-refractivity contribution in [3.05, 3.63) is 35.4 Å². The van der Waals surface area contributed by atoms with E-state index in [0.717, 1.165) is 6.07 Å². The van der Waals surface area contributed by atoms with E-state index >= 15 is 0 Å². The van der Waals surface area contributed by atoms with E-state index in [1.807, 2.05) is 0 Å². The Labute approximate surface area is 129 Å². The third-order valence-electron chi connectivity index (χ3n) is 3.71. The fourth-order valence-corrected chi connectivity index (χ4v) is 2.60. The van der Waals surface area contributed by atoms with Crippen LogP contribution in [0.3, 0.4) is 0 Å². The molecule has 2 N–H and O–H groups in total. The fraction of sp³-hybridized carbons (Fsp3) is 0.562. The lowest BCUT2D eigenvalue weighted by atomic mass is 9.93. The number of hydrogen-bond donors (Lipinski definition) is 1. The van der Waals surface area contributed by atoms with Gasteiger partial charge < -0.3 is 15.4 Å². The molecular weight excluding hydrogens is 290 g/mol. The van der Waals surface area contributed by atoms with Crippen LogP contribution in [0.4, 0.5) is 13.6 Å². The zero-order valence-electron chi connectivity index (χ0n) is 13.1. The summed E-state index contributed by atoms with van der Waals surface area (Å²) < 4.78 is 32.1. The first-order valence-electron chi connectivity index (χ1n) is 7.36. The van der Waals surface area contributed by atoms with Crippen LogP contribution < -0.4 is 5.73 Å². The highest BCUT2D eigenvalue weighted by Crippen LogP contribution is 2.30. The molecular formula is C16H22F2N2O2. The van der Waals surface area contributed by atoms with E-state index in [2.05, 4.69) is 0 Å². The number of benzene rings is 1. The average molecular weight is 312 g/mol. The monoisotopic (exact) mass is 312 g/mol. The topological polar surface area (TPSA) is 55.6 Å². The molecule has 2 unspecified atom stereocenters. The minimum Gasteiger partial charge on any atom is -0.444 e. The molecule has 1 saturated heterocycles. The molecule has 1 fully saturated rings. The van der Waals surface area contributed by atoms with Gasteiger partial charge in [-0.05, 0) is 39.2 Å². The highest BCUT2D eigenvalue weighted by Gasteiger charge is 2.34. The second kappa shape index (κ2) is 6.20. The first-order chi connectivity index (χ1) is 10.2. The quantitative estimate of drug-likeness (QED) is 0.912. The van der Waals surface area contributed by atoms with E-state index in [1.54, 1.807) is 25.7 Å². The SMILES string of the molecule is CC(C)(C)OC(=O)N1CCC(C(N)c2ccc(F)cc2F)C1. The lowest BCUT2D eigenvalue weighted by Crippen LogP contribution is -2.36. The fourth-order valence-electron chi connectivity index (χ4n) is 2.60. The van der Waals surface area contributed by atoms with Crippen molar-refractivity contribution in [2.24, 2.45) is 11.7 Å². The number of amides is 1. The molecule has 1 aromatic carbocycles. The van der Waals surface area contributed by atoms with E-state index in [-0.39, 0.29) is 17.6 Å². The van der Waals surface area contributed by atoms with Gasteiger partial charge in [-0.2, -0.15) is 0 Å². The molecule has 0 aromatic heterocycles. The second-order valence-corrected chi connectivity index (χ2v) is 6.67. The Morgan fingerprint density at radius 1 is 1.41 bits per heavy atom. The molecule has 0 aliphatic carbocycles. The Bertz CT molecular complexity index is 558. The van der Waals surface area contributed by atoms with Crippen molar-refractivity contribution in [2.75, 3.05) is 13.1 Å². The third-order valence-corrected chi connectivity index (χ3v) is 3.71. The molecule has 1 amide bonds. The van der Waals surface area contributed by atoms with E-state index < -0.39 is 23.3 Å². The van der Waals surface area contributed by atoms with Crippen molar-refractivity contribution in [1.82, 2.24) is 4.90 Å². The van der Waals surface area contributed by atoms with Gasteiger partial charge in [-0.25, -0.2) is 13.6 Å². The molecule has 2 rings (SSSR count). The number of carbonyl (C=O) groups excluding carboxylic acids is 1. The van der Waals surface area contributed by atoms with Gasteiger partial charge in [0, 0.05) is 30.8 Å². The molecule has 1 aliphatic heterocycles. The highest BCUT2D eigenvalue weighted by atomic mass is 19.1. The van der Waals surface area contributed by atoms with E-state index in [9.17, 15) is 13.6 Å². The van der Waals surface area contributed by atoms with Crippen LogP contribution in [0.2, 0.25) is 0 Å². The zero-order chi connectivity index (χ0) is 16.5. The van der Waals surface area contributed by atoms with Gasteiger partial charge in [0.05, 0.1) is 0 Å². The summed E-state index contributed by atoms with van der Waals surface area (Å²) in [6, 6.07) is 2.81. The maximum atomic E-state index is 13.8. The van der Waals surface area contributed by atoms with Gasteiger partial charge in [0.2, 0.25) is 0 Å². The van der Waals surface area contributed by atoms with E-state index in [1.165, 1.54) is 12.1 Å². The van der Waals surface area contributed by atoms with Crippen LogP contribution in [-0.4, -0.2) is 29.7 Å². The predicted molar refractivity (Wildman–Crippen MR) is 79.2 cm³/mol. The molecule has 1 aromatic rings. The lowest BCUT2D eigenvalue weighted by molar-refractivity contribution is 0.0286. The van der Waals surface area contributed by atoms with Crippen molar-refractivity contribution in [3.63, 3.8) is 0 Å². The van der Waals surface area contributed by atoms with Crippen molar-refractivity contribution in [2.45, 2.75) is 38.8 Å². The van der Waals surface area contributed by atoms with Crippen LogP contribution in [-0.2, 0) is 4.74 Å². The van der Waals surface area contributed by atoms with Gasteiger partial charge in [0.25, 0.3) is 0 Å². The van der Waals surface area contributed by atoms with Crippen molar-refractivity contribution in [1.29, 1.82) is 0 Å². The van der Waals surface area contributed by atoms with Crippen molar-refractivity contribution < 1.29 is 18.3 Å². The summed E-state index contributed by atoms with van der Waals surface area (Å²) in [5.74, 6) is -1.36. The second-order valence-electron chi connectivity index (χ2n) is 6.67. The molecule has 122 valence electrons. The maximum absolute atomic E-state index is 13.8. The molecule has 1 heterocycles. The Balaban J connectivity index is 2.02. The summed E-state index contributed by atoms with van der Waals surface area (Å²) in [6.07, 6.45) is 0.277. The summed E-state index contributed by atoms with van der Waals surface area (Å²) in [6.45, 7) is 6.34. The summed E-state index contributed by atoms with van der Waals surface area (Å²) in [5.41, 5.74) is 5.82. The standard InChI is InChI=1S/C16H22F2N2O2/c1-16(2,3)22-15(21)20-7-6-10(9-20)14(19)12-5-4-11(17)8-13(12)18/h4-5,8,10,14H,6-7,9,19H2,1-3H3. The summed E-state index contributed by atoms with van der Waals surface area (Å²) in [5, 5.41) is 0. The zero-order valence-corrected chi connectivity index (χ0v) is 13.1. The number of nitrogens with zero attached hydrogens (tertiary/aromatic N) is 1. The number of halogens is 2. The molecule has 22 heavy (non-hydrogen) atoms. The van der Waals surface area contributed by atoms with Gasteiger partial charge in [0.15, 0.2) is 0 Å². The van der Waals surface area contributed by atoms with Crippen LogP contribution in [0, 0.1) is 17.6 Å². The molecule has 1 aliphatic rings. The average Bonchev–Trinajstić information content (AvgIpc) is 2.85. The van der Waals surface area contributed by atoms with Crippen LogP contribution >= 0.6 is 0 Å². The third kappa shape index (κ3) is 3.94. The molecule has 0 radical (unpaired) electrons. The van der Waals surface area contributed by atoms with Gasteiger partial charge in [-0.15, -0.1) is 0 Å². The predicted octanol–water partition coefficient (Wildman–Crippen LogP) is 3.22. The van der Waals surface area contributed by atoms with Gasteiger partial charge in [-0.3, -0.25) is 0 Å². The molecule has 0 saturated carbocycles. The summed E-state index contributed by atoms with van der Waals surface area (Å²) >= 11 is 0. The Hall–Kier alpha value is -1.69. The Morgan fingerprint density at radius 2 is 2.09 bits per heavy atom. The van der Waals surface area contributed by atoms with Crippen molar-refractivity contribution >= 4 is 6.09 Å². The Morgan fingerprint density at radius 3 is 2.68 bits per heavy atom. The number of carbonyl (C=O) groups is 1. The van der Waals surface area contributed by atoms with Gasteiger partial charge in [0.1, 0.15) is 17.2 Å². The molecule has 0 bridgehead atoms. The van der Waals surface area contributed by atoms with Crippen LogP contribution in [0.1, 0.15) is 38.8 Å². The number of nitrogens with two attached hydrogens (primary N) is 1. The van der Waals surface area contributed by atoms with Crippen molar-refractivity contribution in [3.8, 4) is 0 Å².